The number of nitrogens with two attached hydrogens (primary N) is 1. The van der Waals surface area contributed by atoms with E-state index in [9.17, 15) is 9.59 Å². The van der Waals surface area contributed by atoms with Crippen molar-refractivity contribution in [2.45, 2.75) is 26.3 Å². The molecule has 0 aromatic heterocycles. The number of anilines is 1. The molecule has 3 N–H and O–H groups in total. The van der Waals surface area contributed by atoms with E-state index in [1.807, 2.05) is 19.1 Å². The van der Waals surface area contributed by atoms with Crippen LogP contribution in [0.25, 0.3) is 0 Å². The van der Waals surface area contributed by atoms with Crippen molar-refractivity contribution < 1.29 is 9.59 Å². The lowest BCUT2D eigenvalue weighted by atomic mass is 10.1. The predicted molar refractivity (Wildman–Crippen MR) is 74.2 cm³/mol. The first-order chi connectivity index (χ1) is 9.02. The van der Waals surface area contributed by atoms with Gasteiger partial charge >= 0.3 is 0 Å². The molecule has 0 saturated carbocycles. The second kappa shape index (κ2) is 5.40. The van der Waals surface area contributed by atoms with Crippen LogP contribution in [0.4, 0.5) is 5.69 Å². The zero-order valence-electron chi connectivity index (χ0n) is 11.3. The highest BCUT2D eigenvalue weighted by atomic mass is 16.2. The van der Waals surface area contributed by atoms with Gasteiger partial charge in [0.2, 0.25) is 5.91 Å². The third-order valence-electron chi connectivity index (χ3n) is 3.35. The Hall–Kier alpha value is -1.88. The number of carbonyl (C=O) groups excluding carboxylic acids is 2. The number of hydrogen-bond acceptors (Lipinski definition) is 3. The molecule has 0 bridgehead atoms. The van der Waals surface area contributed by atoms with Crippen LogP contribution in [-0.4, -0.2) is 30.9 Å². The van der Waals surface area contributed by atoms with Gasteiger partial charge in [-0.1, -0.05) is 0 Å². The lowest BCUT2D eigenvalue weighted by molar-refractivity contribution is -0.116. The molecule has 1 atom stereocenters. The van der Waals surface area contributed by atoms with Crippen LogP contribution in [-0.2, 0) is 11.2 Å². The van der Waals surface area contributed by atoms with E-state index in [2.05, 4.69) is 5.32 Å². The van der Waals surface area contributed by atoms with Gasteiger partial charge in [-0.3, -0.25) is 9.59 Å². The molecule has 0 spiro atoms. The molecule has 0 aliphatic carbocycles. The first-order valence-corrected chi connectivity index (χ1v) is 6.45. The summed E-state index contributed by atoms with van der Waals surface area (Å²) in [5.41, 5.74) is 8.05. The van der Waals surface area contributed by atoms with Gasteiger partial charge in [-0.05, 0) is 37.1 Å². The second-order valence-electron chi connectivity index (χ2n) is 4.87. The highest BCUT2D eigenvalue weighted by Gasteiger charge is 2.23. The highest BCUT2D eigenvalue weighted by Crippen LogP contribution is 2.28. The molecule has 2 amide bonds. The SMILES string of the molecule is CC(=O)N1CCc2cc(C(=O)N[C@@H](C)CN)ccc21. The Labute approximate surface area is 112 Å². The van der Waals surface area contributed by atoms with Gasteiger partial charge in [0.05, 0.1) is 0 Å². The van der Waals surface area contributed by atoms with Gasteiger partial charge < -0.3 is 16.0 Å². The molecule has 0 radical (unpaired) electrons. The smallest absolute Gasteiger partial charge is 0.251 e. The number of hydrogen-bond donors (Lipinski definition) is 2. The summed E-state index contributed by atoms with van der Waals surface area (Å²) in [6, 6.07) is 5.40. The van der Waals surface area contributed by atoms with E-state index >= 15 is 0 Å². The fraction of sp³-hybridized carbons (Fsp3) is 0.429. The maximum absolute atomic E-state index is 12.0. The Balaban J connectivity index is 2.19. The molecule has 1 aromatic rings. The minimum Gasteiger partial charge on any atom is -0.348 e. The Morgan fingerprint density at radius 1 is 1.47 bits per heavy atom. The van der Waals surface area contributed by atoms with E-state index in [4.69, 9.17) is 5.73 Å². The number of nitrogens with one attached hydrogen (secondary N) is 1. The van der Waals surface area contributed by atoms with Crippen LogP contribution in [0.15, 0.2) is 18.2 Å². The number of rotatable bonds is 3. The Morgan fingerprint density at radius 3 is 2.84 bits per heavy atom. The Kier molecular flexibility index (Phi) is 3.85. The molecule has 0 unspecified atom stereocenters. The minimum absolute atomic E-state index is 0.0349. The third-order valence-corrected chi connectivity index (χ3v) is 3.35. The van der Waals surface area contributed by atoms with Crippen LogP contribution in [0, 0.1) is 0 Å². The fourth-order valence-electron chi connectivity index (χ4n) is 2.24. The molecule has 0 saturated heterocycles. The molecule has 1 aliphatic heterocycles. The van der Waals surface area contributed by atoms with Crippen LogP contribution in [0.2, 0.25) is 0 Å². The Bertz CT molecular complexity index is 513. The van der Waals surface area contributed by atoms with E-state index in [0.29, 0.717) is 18.7 Å². The largest absolute Gasteiger partial charge is 0.348 e. The van der Waals surface area contributed by atoms with Gasteiger partial charge in [-0.15, -0.1) is 0 Å². The number of nitrogens with zero attached hydrogens (tertiary/aromatic N) is 1. The highest BCUT2D eigenvalue weighted by molar-refractivity contribution is 5.97. The molecule has 5 nitrogen and oxygen atoms in total. The zero-order chi connectivity index (χ0) is 14.0. The summed E-state index contributed by atoms with van der Waals surface area (Å²) in [4.78, 5) is 25.2. The van der Waals surface area contributed by atoms with Crippen molar-refractivity contribution in [2.75, 3.05) is 18.0 Å². The molecular formula is C14H19N3O2. The minimum atomic E-state index is -0.123. The van der Waals surface area contributed by atoms with Crippen molar-refractivity contribution in [3.8, 4) is 0 Å². The molecule has 102 valence electrons. The number of benzene rings is 1. The summed E-state index contributed by atoms with van der Waals surface area (Å²) in [7, 11) is 0. The van der Waals surface area contributed by atoms with Crippen LogP contribution < -0.4 is 16.0 Å². The van der Waals surface area contributed by atoms with E-state index < -0.39 is 0 Å². The van der Waals surface area contributed by atoms with Crippen LogP contribution >= 0.6 is 0 Å². The molecule has 0 fully saturated rings. The van der Waals surface area contributed by atoms with E-state index in [0.717, 1.165) is 17.7 Å². The zero-order valence-corrected chi connectivity index (χ0v) is 11.3. The average Bonchev–Trinajstić information content (AvgIpc) is 2.81. The first kappa shape index (κ1) is 13.5. The maximum Gasteiger partial charge on any atom is 0.251 e. The molecule has 19 heavy (non-hydrogen) atoms. The second-order valence-corrected chi connectivity index (χ2v) is 4.87. The quantitative estimate of drug-likeness (QED) is 0.840. The lowest BCUT2D eigenvalue weighted by Crippen LogP contribution is -2.37. The fourth-order valence-corrected chi connectivity index (χ4v) is 2.24. The standard InChI is InChI=1S/C14H19N3O2/c1-9(8-15)16-14(19)12-3-4-13-11(7-12)5-6-17(13)10(2)18/h3-4,7,9H,5-6,8,15H2,1-2H3,(H,16,19)/t9-/m0/s1. The summed E-state index contributed by atoms with van der Waals surface area (Å²) in [6.45, 7) is 4.52. The third kappa shape index (κ3) is 2.76. The number of carbonyl (C=O) groups is 2. The maximum atomic E-state index is 12.0. The van der Waals surface area contributed by atoms with Gasteiger partial charge in [0.1, 0.15) is 0 Å². The molecule has 1 aromatic carbocycles. The molecule has 1 aliphatic rings. The van der Waals surface area contributed by atoms with Crippen LogP contribution in [0.5, 0.6) is 0 Å². The van der Waals surface area contributed by atoms with Gasteiger partial charge in [0.25, 0.3) is 5.91 Å². The van der Waals surface area contributed by atoms with Crippen molar-refractivity contribution in [3.05, 3.63) is 29.3 Å². The number of amides is 2. The van der Waals surface area contributed by atoms with Gasteiger partial charge in [-0.2, -0.15) is 0 Å². The molecular weight excluding hydrogens is 242 g/mol. The van der Waals surface area contributed by atoms with E-state index in [1.54, 1.807) is 17.9 Å². The van der Waals surface area contributed by atoms with Gasteiger partial charge in [-0.25, -0.2) is 0 Å². The summed E-state index contributed by atoms with van der Waals surface area (Å²) in [5.74, 6) is -0.0882. The average molecular weight is 261 g/mol. The summed E-state index contributed by atoms with van der Waals surface area (Å²) < 4.78 is 0. The van der Waals surface area contributed by atoms with Crippen molar-refractivity contribution in [3.63, 3.8) is 0 Å². The topological polar surface area (TPSA) is 75.4 Å². The summed E-state index contributed by atoms with van der Waals surface area (Å²) >= 11 is 0. The van der Waals surface area contributed by atoms with Crippen molar-refractivity contribution in [1.82, 2.24) is 5.32 Å². The lowest BCUT2D eigenvalue weighted by Gasteiger charge is -2.15. The Morgan fingerprint density at radius 2 is 2.21 bits per heavy atom. The summed E-state index contributed by atoms with van der Waals surface area (Å²) in [6.07, 6.45) is 0.794. The van der Waals surface area contributed by atoms with Gasteiger partial charge in [0, 0.05) is 37.3 Å². The van der Waals surface area contributed by atoms with Gasteiger partial charge in [0.15, 0.2) is 0 Å². The van der Waals surface area contributed by atoms with Crippen molar-refractivity contribution in [2.24, 2.45) is 5.73 Å². The van der Waals surface area contributed by atoms with E-state index in [1.165, 1.54) is 0 Å². The monoisotopic (exact) mass is 261 g/mol. The molecule has 2 rings (SSSR count). The van der Waals surface area contributed by atoms with Crippen molar-refractivity contribution in [1.29, 1.82) is 0 Å². The predicted octanol–water partition coefficient (Wildman–Crippen LogP) is 0.673. The van der Waals surface area contributed by atoms with E-state index in [-0.39, 0.29) is 17.9 Å². The van der Waals surface area contributed by atoms with Crippen molar-refractivity contribution >= 4 is 17.5 Å². The summed E-state index contributed by atoms with van der Waals surface area (Å²) in [5, 5.41) is 2.83. The van der Waals surface area contributed by atoms with Crippen LogP contribution in [0.3, 0.4) is 0 Å². The normalized spacial score (nSPS) is 15.0. The first-order valence-electron chi connectivity index (χ1n) is 6.45. The number of fused-ring (bicyclic) bond motifs is 1. The molecule has 5 heteroatoms. The van der Waals surface area contributed by atoms with Crippen LogP contribution in [0.1, 0.15) is 29.8 Å². The molecule has 1 heterocycles.